The molecule has 2 bridgehead atoms. The quantitative estimate of drug-likeness (QED) is 0.409. The van der Waals surface area contributed by atoms with Crippen LogP contribution in [0.3, 0.4) is 0 Å². The van der Waals surface area contributed by atoms with Crippen molar-refractivity contribution in [3.8, 4) is 5.75 Å². The van der Waals surface area contributed by atoms with Crippen LogP contribution in [0.2, 0.25) is 0 Å². The zero-order valence-corrected chi connectivity index (χ0v) is 28.7. The first kappa shape index (κ1) is 38.6. The first-order valence-electron chi connectivity index (χ1n) is 15.3. The van der Waals surface area contributed by atoms with Gasteiger partial charge < -0.3 is 29.5 Å². The molecular formula is C33H48Cl3N5O4. The third kappa shape index (κ3) is 10.5. The topological polar surface area (TPSA) is 87.2 Å². The van der Waals surface area contributed by atoms with E-state index >= 15 is 0 Å². The number of carbonyl (C=O) groups excluding carboxylic acids is 2. The second-order valence-electron chi connectivity index (χ2n) is 11.7. The van der Waals surface area contributed by atoms with Crippen molar-refractivity contribution in [1.29, 1.82) is 0 Å². The van der Waals surface area contributed by atoms with Gasteiger partial charge in [-0.2, -0.15) is 0 Å². The van der Waals surface area contributed by atoms with Gasteiger partial charge in [-0.15, -0.1) is 37.2 Å². The summed E-state index contributed by atoms with van der Waals surface area (Å²) in [5, 5.41) is 3.37. The number of nitrogens with zero attached hydrogens (tertiary/aromatic N) is 4. The summed E-state index contributed by atoms with van der Waals surface area (Å²) in [4.78, 5) is 36.9. The van der Waals surface area contributed by atoms with Gasteiger partial charge in [0.2, 0.25) is 11.8 Å². The molecule has 3 aliphatic rings. The van der Waals surface area contributed by atoms with Crippen LogP contribution < -0.4 is 15.0 Å². The van der Waals surface area contributed by atoms with Crippen molar-refractivity contribution in [3.05, 3.63) is 66.0 Å². The number of piperidine rings is 1. The van der Waals surface area contributed by atoms with Crippen LogP contribution in [0.15, 0.2) is 54.7 Å². The number of nitrogens with one attached hydrogen (secondary N) is 1. The van der Waals surface area contributed by atoms with E-state index in [2.05, 4.69) is 39.5 Å². The monoisotopic (exact) mass is 683 g/mol. The summed E-state index contributed by atoms with van der Waals surface area (Å²) in [6, 6.07) is 12.6. The van der Waals surface area contributed by atoms with Crippen LogP contribution in [0, 0.1) is 11.8 Å². The number of likely N-dealkylation sites (N-methyl/N-ethyl adjacent to an activating group) is 1. The Labute approximate surface area is 286 Å². The second kappa shape index (κ2) is 19.2. The van der Waals surface area contributed by atoms with Gasteiger partial charge in [0, 0.05) is 82.9 Å². The smallest absolute Gasteiger partial charge is 0.236 e. The van der Waals surface area contributed by atoms with Gasteiger partial charge in [0.15, 0.2) is 0 Å². The van der Waals surface area contributed by atoms with Gasteiger partial charge in [-0.05, 0) is 61.4 Å². The average molecular weight is 685 g/mol. The summed E-state index contributed by atoms with van der Waals surface area (Å²) in [6.45, 7) is 4.94. The number of ether oxygens (including phenoxy) is 2. The van der Waals surface area contributed by atoms with Crippen LogP contribution in [0.5, 0.6) is 5.75 Å². The number of fused-ring (bicyclic) bond motifs is 3. The van der Waals surface area contributed by atoms with Crippen LogP contribution >= 0.6 is 37.2 Å². The van der Waals surface area contributed by atoms with Gasteiger partial charge in [0.25, 0.3) is 0 Å². The Hall–Kier alpha value is -2.56. The van der Waals surface area contributed by atoms with Gasteiger partial charge in [-0.3, -0.25) is 14.6 Å². The fraction of sp³-hybridized carbons (Fsp3) is 0.545. The molecule has 250 valence electrons. The van der Waals surface area contributed by atoms with Gasteiger partial charge in [-0.1, -0.05) is 18.2 Å². The van der Waals surface area contributed by atoms with Crippen LogP contribution in [-0.4, -0.2) is 92.7 Å². The fourth-order valence-electron chi connectivity index (χ4n) is 6.41. The lowest BCUT2D eigenvalue weighted by atomic mass is 9.82. The molecule has 0 aliphatic carbocycles. The lowest BCUT2D eigenvalue weighted by Crippen LogP contribution is -2.47. The summed E-state index contributed by atoms with van der Waals surface area (Å²) in [7, 11) is 3.63. The largest absolute Gasteiger partial charge is 0.489 e. The maximum atomic E-state index is 13.2. The molecule has 0 spiro atoms. The summed E-state index contributed by atoms with van der Waals surface area (Å²) in [5.74, 6) is 1.36. The molecule has 2 amide bonds. The van der Waals surface area contributed by atoms with Crippen molar-refractivity contribution in [2.24, 2.45) is 11.8 Å². The molecule has 5 rings (SSSR count). The minimum absolute atomic E-state index is 0. The molecule has 2 aromatic rings. The molecule has 0 radical (unpaired) electrons. The molecule has 1 aromatic heterocycles. The van der Waals surface area contributed by atoms with Crippen LogP contribution in [0.4, 0.5) is 5.69 Å². The Kier molecular flexibility index (Phi) is 16.5. The van der Waals surface area contributed by atoms with Crippen molar-refractivity contribution >= 4 is 54.7 Å². The zero-order chi connectivity index (χ0) is 29.3. The first-order valence-corrected chi connectivity index (χ1v) is 15.3. The minimum atomic E-state index is 0. The van der Waals surface area contributed by atoms with E-state index in [4.69, 9.17) is 9.47 Å². The molecule has 0 unspecified atom stereocenters. The van der Waals surface area contributed by atoms with E-state index in [0.29, 0.717) is 45.2 Å². The minimum Gasteiger partial charge on any atom is -0.489 e. The van der Waals surface area contributed by atoms with Crippen molar-refractivity contribution in [1.82, 2.24) is 20.1 Å². The van der Waals surface area contributed by atoms with Gasteiger partial charge in [-0.25, -0.2) is 0 Å². The number of pyridine rings is 1. The Morgan fingerprint density at radius 1 is 1.13 bits per heavy atom. The Bertz CT molecular complexity index is 1240. The maximum Gasteiger partial charge on any atom is 0.236 e. The van der Waals surface area contributed by atoms with E-state index in [-0.39, 0.29) is 67.4 Å². The summed E-state index contributed by atoms with van der Waals surface area (Å²) in [6.07, 6.45) is 10.3. The number of anilines is 1. The number of hydrogen-bond donors (Lipinski definition) is 1. The van der Waals surface area contributed by atoms with Crippen molar-refractivity contribution in [2.45, 2.75) is 44.7 Å². The number of amides is 2. The highest BCUT2D eigenvalue weighted by Gasteiger charge is 2.32. The molecule has 2 saturated heterocycles. The molecule has 0 saturated carbocycles. The number of carbonyl (C=O) groups is 2. The molecule has 1 N–H and O–H groups in total. The molecule has 12 heteroatoms. The molecule has 4 heterocycles. The number of methoxy groups -OCH3 is 1. The van der Waals surface area contributed by atoms with Crippen molar-refractivity contribution in [3.63, 3.8) is 0 Å². The number of benzene rings is 1. The SMILES string of the molecule is COC[C@@H]1CCCN1c1ccc2c(c1)CNCC(=O)N1CC[C@@H](CC(=O)N(C)CCc3ccccn3)[C@@H](C=CCO2)C1.Cl.Cl.Cl. The predicted molar refractivity (Wildman–Crippen MR) is 185 cm³/mol. The van der Waals surface area contributed by atoms with Crippen LogP contribution in [-0.2, 0) is 27.3 Å². The van der Waals surface area contributed by atoms with E-state index < -0.39 is 0 Å². The Balaban J connectivity index is 0.00000235. The first-order chi connectivity index (χ1) is 20.5. The lowest BCUT2D eigenvalue weighted by Gasteiger charge is -2.37. The predicted octanol–water partition coefficient (Wildman–Crippen LogP) is 4.56. The van der Waals surface area contributed by atoms with Crippen LogP contribution in [0.1, 0.15) is 36.9 Å². The van der Waals surface area contributed by atoms with Crippen molar-refractivity contribution < 1.29 is 19.1 Å². The summed E-state index contributed by atoms with van der Waals surface area (Å²) < 4.78 is 11.7. The van der Waals surface area contributed by atoms with E-state index in [1.807, 2.05) is 41.1 Å². The standard InChI is InChI=1S/C33H45N5O4.3ClH/c1-36(16-13-28-8-3-4-14-35-28)32(39)20-25-12-17-37-23-26(25)7-6-18-42-31-11-10-29(19-27(31)21-34-22-33(37)40)38-15-5-9-30(38)24-41-2;;;/h3-4,6-8,10-11,14,19,25-26,30,34H,5,9,12-13,15-18,20-24H2,1-2H3;3*1H/t25-,26-,30-;;;/m0.../s1. The number of hydrogen-bond acceptors (Lipinski definition) is 7. The highest BCUT2D eigenvalue weighted by Crippen LogP contribution is 2.32. The molecular weight excluding hydrogens is 637 g/mol. The molecule has 9 nitrogen and oxygen atoms in total. The Morgan fingerprint density at radius 3 is 2.76 bits per heavy atom. The van der Waals surface area contributed by atoms with Gasteiger partial charge in [0.1, 0.15) is 12.4 Å². The molecule has 3 atom stereocenters. The third-order valence-electron chi connectivity index (χ3n) is 8.87. The number of aromatic nitrogens is 1. The van der Waals surface area contributed by atoms with E-state index in [1.54, 1.807) is 13.3 Å². The van der Waals surface area contributed by atoms with Gasteiger partial charge >= 0.3 is 0 Å². The van der Waals surface area contributed by atoms with Crippen LogP contribution in [0.25, 0.3) is 0 Å². The summed E-state index contributed by atoms with van der Waals surface area (Å²) in [5.41, 5.74) is 3.20. The summed E-state index contributed by atoms with van der Waals surface area (Å²) >= 11 is 0. The normalized spacial score (nSPS) is 21.4. The Morgan fingerprint density at radius 2 is 1.98 bits per heavy atom. The highest BCUT2D eigenvalue weighted by molar-refractivity contribution is 5.86. The second-order valence-corrected chi connectivity index (χ2v) is 11.7. The van der Waals surface area contributed by atoms with Gasteiger partial charge in [0.05, 0.1) is 19.2 Å². The number of halogens is 3. The molecule has 45 heavy (non-hydrogen) atoms. The molecule has 1 aromatic carbocycles. The maximum absolute atomic E-state index is 13.2. The van der Waals surface area contributed by atoms with Crippen molar-refractivity contribution in [2.75, 3.05) is 65.0 Å². The average Bonchev–Trinajstić information content (AvgIpc) is 3.47. The molecule has 3 aliphatic heterocycles. The van der Waals surface area contributed by atoms with E-state index in [1.165, 1.54) is 5.69 Å². The zero-order valence-electron chi connectivity index (χ0n) is 26.3. The van der Waals surface area contributed by atoms with E-state index in [9.17, 15) is 9.59 Å². The lowest BCUT2D eigenvalue weighted by molar-refractivity contribution is -0.134. The fourth-order valence-corrected chi connectivity index (χ4v) is 6.41. The number of rotatable bonds is 8. The van der Waals surface area contributed by atoms with E-state index in [0.717, 1.165) is 55.8 Å². The molecule has 2 fully saturated rings. The highest BCUT2D eigenvalue weighted by atomic mass is 35.5. The third-order valence-corrected chi connectivity index (χ3v) is 8.87.